The van der Waals surface area contributed by atoms with E-state index in [2.05, 4.69) is 24.9 Å². The molecule has 0 fully saturated rings. The van der Waals surface area contributed by atoms with Crippen LogP contribution in [0.15, 0.2) is 18.3 Å². The Kier molecular flexibility index (Phi) is 4.00. The molecule has 1 heterocycles. The van der Waals surface area contributed by atoms with Crippen molar-refractivity contribution < 1.29 is 9.53 Å². The number of carbonyl (C=O) groups excluding carboxylic acids is 1. The van der Waals surface area contributed by atoms with E-state index in [-0.39, 0.29) is 23.7 Å². The zero-order chi connectivity index (χ0) is 13.1. The third-order valence-corrected chi connectivity index (χ3v) is 3.71. The lowest BCUT2D eigenvalue weighted by Crippen LogP contribution is -2.28. The first-order chi connectivity index (χ1) is 8.65. The van der Waals surface area contributed by atoms with Crippen molar-refractivity contribution in [2.24, 2.45) is 11.8 Å². The number of ether oxygens (including phenoxy) is 1. The second-order valence-electron chi connectivity index (χ2n) is 5.21. The molecule has 1 aliphatic carbocycles. The molecule has 1 aromatic rings. The third kappa shape index (κ3) is 2.40. The fourth-order valence-corrected chi connectivity index (χ4v) is 2.93. The van der Waals surface area contributed by atoms with Crippen LogP contribution in [-0.2, 0) is 16.0 Å². The zero-order valence-corrected chi connectivity index (χ0v) is 11.3. The molecule has 0 aliphatic heterocycles. The van der Waals surface area contributed by atoms with Gasteiger partial charge in [0.2, 0.25) is 0 Å². The van der Waals surface area contributed by atoms with Crippen molar-refractivity contribution in [1.29, 1.82) is 0 Å². The maximum atomic E-state index is 12.1. The lowest BCUT2D eigenvalue weighted by atomic mass is 9.81. The summed E-state index contributed by atoms with van der Waals surface area (Å²) in [6, 6.07) is 4.08. The van der Waals surface area contributed by atoms with Gasteiger partial charge < -0.3 is 4.74 Å². The van der Waals surface area contributed by atoms with Crippen LogP contribution in [0.1, 0.15) is 44.4 Å². The Morgan fingerprint density at radius 3 is 3.00 bits per heavy atom. The van der Waals surface area contributed by atoms with Gasteiger partial charge in [-0.15, -0.1) is 0 Å². The number of hydrogen-bond acceptors (Lipinski definition) is 3. The molecule has 98 valence electrons. The van der Waals surface area contributed by atoms with Gasteiger partial charge in [0, 0.05) is 17.8 Å². The predicted octanol–water partition coefficient (Wildman–Crippen LogP) is 2.95. The molecule has 0 aromatic carbocycles. The van der Waals surface area contributed by atoms with Gasteiger partial charge in [-0.05, 0) is 37.3 Å². The van der Waals surface area contributed by atoms with Crippen molar-refractivity contribution in [3.8, 4) is 0 Å². The monoisotopic (exact) mass is 247 g/mol. The van der Waals surface area contributed by atoms with E-state index in [9.17, 15) is 4.79 Å². The van der Waals surface area contributed by atoms with Gasteiger partial charge in [0.05, 0.1) is 12.5 Å². The third-order valence-electron chi connectivity index (χ3n) is 3.71. The fourth-order valence-electron chi connectivity index (χ4n) is 2.93. The minimum absolute atomic E-state index is 0.0684. The summed E-state index contributed by atoms with van der Waals surface area (Å²) in [5, 5.41) is 0. The first kappa shape index (κ1) is 13.1. The fraction of sp³-hybridized carbons (Fsp3) is 0.600. The van der Waals surface area contributed by atoms with Gasteiger partial charge in [0.15, 0.2) is 0 Å². The van der Waals surface area contributed by atoms with Crippen molar-refractivity contribution in [1.82, 2.24) is 4.98 Å². The summed E-state index contributed by atoms with van der Waals surface area (Å²) in [6.45, 7) is 6.48. The average Bonchev–Trinajstić information content (AvgIpc) is 2.74. The molecule has 0 amide bonds. The van der Waals surface area contributed by atoms with E-state index in [1.165, 1.54) is 5.56 Å². The molecular formula is C15H21NO2. The molecule has 1 aromatic heterocycles. The van der Waals surface area contributed by atoms with Crippen LogP contribution in [0.2, 0.25) is 0 Å². The Hall–Kier alpha value is -1.38. The quantitative estimate of drug-likeness (QED) is 0.768. The number of esters is 1. The first-order valence-corrected chi connectivity index (χ1v) is 6.75. The number of rotatable bonds is 4. The van der Waals surface area contributed by atoms with Gasteiger partial charge in [0.25, 0.3) is 0 Å². The molecule has 3 heteroatoms. The molecule has 0 radical (unpaired) electrons. The maximum absolute atomic E-state index is 12.1. The van der Waals surface area contributed by atoms with Crippen LogP contribution in [-0.4, -0.2) is 17.6 Å². The summed E-state index contributed by atoms with van der Waals surface area (Å²) in [5.74, 6) is 0.361. The first-order valence-electron chi connectivity index (χ1n) is 6.75. The SMILES string of the molecule is CCOC(=O)C(C(C)C)C1CCc2cccnc21. The Labute approximate surface area is 109 Å². The molecule has 0 N–H and O–H groups in total. The maximum Gasteiger partial charge on any atom is 0.309 e. The normalized spacial score (nSPS) is 19.7. The smallest absolute Gasteiger partial charge is 0.309 e. The standard InChI is InChI=1S/C15H21NO2/c1-4-18-15(17)13(10(2)3)12-8-7-11-6-5-9-16-14(11)12/h5-6,9-10,12-13H,4,7-8H2,1-3H3. The largest absolute Gasteiger partial charge is 0.466 e. The molecule has 1 aliphatic rings. The van der Waals surface area contributed by atoms with Gasteiger partial charge in [0.1, 0.15) is 0 Å². The number of nitrogens with zero attached hydrogens (tertiary/aromatic N) is 1. The Morgan fingerprint density at radius 1 is 1.56 bits per heavy atom. The van der Waals surface area contributed by atoms with E-state index < -0.39 is 0 Å². The molecule has 0 bridgehead atoms. The predicted molar refractivity (Wildman–Crippen MR) is 70.3 cm³/mol. The van der Waals surface area contributed by atoms with Crippen LogP contribution in [0.25, 0.3) is 0 Å². The summed E-state index contributed by atoms with van der Waals surface area (Å²) in [7, 11) is 0. The second kappa shape index (κ2) is 5.51. The molecular weight excluding hydrogens is 226 g/mol. The van der Waals surface area contributed by atoms with Gasteiger partial charge in [-0.3, -0.25) is 9.78 Å². The van der Waals surface area contributed by atoms with Gasteiger partial charge in [-0.1, -0.05) is 19.9 Å². The number of fused-ring (bicyclic) bond motifs is 1. The average molecular weight is 247 g/mol. The molecule has 2 unspecified atom stereocenters. The van der Waals surface area contributed by atoms with E-state index in [0.717, 1.165) is 18.5 Å². The summed E-state index contributed by atoms with van der Waals surface area (Å²) < 4.78 is 5.23. The highest BCUT2D eigenvalue weighted by molar-refractivity contribution is 5.74. The number of aryl methyl sites for hydroxylation is 1. The highest BCUT2D eigenvalue weighted by atomic mass is 16.5. The minimum atomic E-state index is -0.0731. The molecule has 2 atom stereocenters. The van der Waals surface area contributed by atoms with Crippen LogP contribution in [0.4, 0.5) is 0 Å². The van der Waals surface area contributed by atoms with E-state index in [4.69, 9.17) is 4.74 Å². The lowest BCUT2D eigenvalue weighted by molar-refractivity contribution is -0.150. The Morgan fingerprint density at radius 2 is 2.33 bits per heavy atom. The van der Waals surface area contributed by atoms with Crippen molar-refractivity contribution >= 4 is 5.97 Å². The molecule has 3 nitrogen and oxygen atoms in total. The van der Waals surface area contributed by atoms with E-state index in [0.29, 0.717) is 6.61 Å². The molecule has 0 saturated heterocycles. The molecule has 18 heavy (non-hydrogen) atoms. The molecule has 2 rings (SSSR count). The highest BCUT2D eigenvalue weighted by Gasteiger charge is 2.37. The number of carbonyl (C=O) groups is 1. The molecule has 0 spiro atoms. The summed E-state index contributed by atoms with van der Waals surface area (Å²) >= 11 is 0. The van der Waals surface area contributed by atoms with E-state index in [1.807, 2.05) is 19.2 Å². The van der Waals surface area contributed by atoms with Crippen LogP contribution in [0.5, 0.6) is 0 Å². The number of pyridine rings is 1. The van der Waals surface area contributed by atoms with Crippen LogP contribution in [0.3, 0.4) is 0 Å². The van der Waals surface area contributed by atoms with E-state index in [1.54, 1.807) is 0 Å². The lowest BCUT2D eigenvalue weighted by Gasteiger charge is -2.25. The molecule has 0 saturated carbocycles. The summed E-state index contributed by atoms with van der Waals surface area (Å²) in [6.07, 6.45) is 3.85. The number of hydrogen-bond donors (Lipinski definition) is 0. The Balaban J connectivity index is 2.26. The summed E-state index contributed by atoms with van der Waals surface area (Å²) in [4.78, 5) is 16.6. The highest BCUT2D eigenvalue weighted by Crippen LogP contribution is 2.40. The number of aromatic nitrogens is 1. The van der Waals surface area contributed by atoms with Crippen LogP contribution >= 0.6 is 0 Å². The minimum Gasteiger partial charge on any atom is -0.466 e. The van der Waals surface area contributed by atoms with Gasteiger partial charge >= 0.3 is 5.97 Å². The van der Waals surface area contributed by atoms with Crippen molar-refractivity contribution in [3.05, 3.63) is 29.6 Å². The van der Waals surface area contributed by atoms with Crippen molar-refractivity contribution in [2.75, 3.05) is 6.61 Å². The van der Waals surface area contributed by atoms with Gasteiger partial charge in [-0.25, -0.2) is 0 Å². The van der Waals surface area contributed by atoms with E-state index >= 15 is 0 Å². The topological polar surface area (TPSA) is 39.2 Å². The zero-order valence-electron chi connectivity index (χ0n) is 11.3. The summed E-state index contributed by atoms with van der Waals surface area (Å²) in [5.41, 5.74) is 2.39. The van der Waals surface area contributed by atoms with Crippen molar-refractivity contribution in [2.45, 2.75) is 39.5 Å². The van der Waals surface area contributed by atoms with Gasteiger partial charge in [-0.2, -0.15) is 0 Å². The second-order valence-corrected chi connectivity index (χ2v) is 5.21. The van der Waals surface area contributed by atoms with Crippen LogP contribution < -0.4 is 0 Å². The Bertz CT molecular complexity index is 428. The van der Waals surface area contributed by atoms with Crippen molar-refractivity contribution in [3.63, 3.8) is 0 Å². The van der Waals surface area contributed by atoms with Crippen LogP contribution in [0, 0.1) is 11.8 Å².